The van der Waals surface area contributed by atoms with Crippen LogP contribution in [0.4, 0.5) is 26.6 Å². The Bertz CT molecular complexity index is 1330. The molecule has 12 nitrogen and oxygen atoms in total. The standard InChI is InChI=1S/C20H15FN6O6S/c1-10-15(7-14(26(30)31)8-16(10)27(32)33)18(29)22-20-24-23-19(34-20)11-6-17(28)25(9-11)13-4-2-12(21)3-5-13/h2-5,7-8,11H,6,9H2,1H3,(H,22,24,29). The van der Waals surface area contributed by atoms with E-state index in [0.717, 1.165) is 23.5 Å². The highest BCUT2D eigenvalue weighted by Crippen LogP contribution is 2.35. The minimum atomic E-state index is -0.823. The molecule has 1 N–H and O–H groups in total. The fourth-order valence-corrected chi connectivity index (χ4v) is 4.40. The van der Waals surface area contributed by atoms with E-state index in [1.807, 2.05) is 0 Å². The maximum atomic E-state index is 13.2. The molecule has 1 aliphatic rings. The Labute approximate surface area is 194 Å². The van der Waals surface area contributed by atoms with Gasteiger partial charge in [0.1, 0.15) is 10.8 Å². The van der Waals surface area contributed by atoms with E-state index in [1.165, 1.54) is 36.1 Å². The lowest BCUT2D eigenvalue weighted by atomic mass is 10.0. The van der Waals surface area contributed by atoms with Gasteiger partial charge in [0.05, 0.1) is 21.5 Å². The number of nitro groups is 2. The Kier molecular flexibility index (Phi) is 5.98. The number of benzene rings is 2. The van der Waals surface area contributed by atoms with Crippen LogP contribution >= 0.6 is 11.3 Å². The van der Waals surface area contributed by atoms with Gasteiger partial charge in [0.25, 0.3) is 17.3 Å². The number of amides is 2. The summed E-state index contributed by atoms with van der Waals surface area (Å²) in [5, 5.41) is 33.3. The van der Waals surface area contributed by atoms with Crippen molar-refractivity contribution in [2.75, 3.05) is 16.8 Å². The van der Waals surface area contributed by atoms with Gasteiger partial charge in [0.2, 0.25) is 11.0 Å². The highest BCUT2D eigenvalue weighted by atomic mass is 32.1. The number of carbonyl (C=O) groups is 2. The molecule has 0 saturated carbocycles. The van der Waals surface area contributed by atoms with Crippen LogP contribution < -0.4 is 10.2 Å². The van der Waals surface area contributed by atoms with Gasteiger partial charge < -0.3 is 4.90 Å². The Morgan fingerprint density at radius 1 is 1.18 bits per heavy atom. The number of hydrogen-bond acceptors (Lipinski definition) is 9. The molecule has 174 valence electrons. The number of anilines is 2. The summed E-state index contributed by atoms with van der Waals surface area (Å²) in [5.74, 6) is -1.71. The fourth-order valence-electron chi connectivity index (χ4n) is 3.57. The average molecular weight is 486 g/mol. The van der Waals surface area contributed by atoms with Crippen LogP contribution in [-0.2, 0) is 4.79 Å². The number of halogens is 1. The number of nitrogens with zero attached hydrogens (tertiary/aromatic N) is 5. The van der Waals surface area contributed by atoms with E-state index in [2.05, 4.69) is 15.5 Å². The lowest BCUT2D eigenvalue weighted by Crippen LogP contribution is -2.24. The van der Waals surface area contributed by atoms with Gasteiger partial charge in [-0.25, -0.2) is 4.39 Å². The third kappa shape index (κ3) is 4.43. The lowest BCUT2D eigenvalue weighted by molar-refractivity contribution is -0.394. The Balaban J connectivity index is 1.52. The first-order valence-corrected chi connectivity index (χ1v) is 10.6. The lowest BCUT2D eigenvalue weighted by Gasteiger charge is -2.16. The summed E-state index contributed by atoms with van der Waals surface area (Å²) in [6, 6.07) is 7.27. The second kappa shape index (κ2) is 8.90. The van der Waals surface area contributed by atoms with Gasteiger partial charge in [-0.2, -0.15) is 0 Å². The van der Waals surface area contributed by atoms with Crippen LogP contribution in [0.3, 0.4) is 0 Å². The first-order valence-electron chi connectivity index (χ1n) is 9.78. The fraction of sp³-hybridized carbons (Fsp3) is 0.200. The van der Waals surface area contributed by atoms with E-state index in [4.69, 9.17) is 0 Å². The average Bonchev–Trinajstić information content (AvgIpc) is 3.40. The van der Waals surface area contributed by atoms with Crippen LogP contribution in [0.25, 0.3) is 0 Å². The Morgan fingerprint density at radius 2 is 1.88 bits per heavy atom. The molecule has 0 radical (unpaired) electrons. The molecule has 1 aromatic heterocycles. The first-order chi connectivity index (χ1) is 16.1. The molecule has 34 heavy (non-hydrogen) atoms. The molecule has 3 aromatic rings. The van der Waals surface area contributed by atoms with E-state index in [1.54, 1.807) is 0 Å². The smallest absolute Gasteiger partial charge is 0.279 e. The van der Waals surface area contributed by atoms with Crippen molar-refractivity contribution in [1.29, 1.82) is 0 Å². The van der Waals surface area contributed by atoms with E-state index in [-0.39, 0.29) is 34.5 Å². The molecule has 0 aliphatic carbocycles. The van der Waals surface area contributed by atoms with Crippen LogP contribution in [0.2, 0.25) is 0 Å². The molecule has 1 saturated heterocycles. The topological polar surface area (TPSA) is 161 Å². The number of non-ortho nitro benzene ring substituents is 1. The molecule has 2 aromatic carbocycles. The molecule has 0 bridgehead atoms. The van der Waals surface area contributed by atoms with Gasteiger partial charge in [-0.15, -0.1) is 10.2 Å². The van der Waals surface area contributed by atoms with E-state index >= 15 is 0 Å². The van der Waals surface area contributed by atoms with E-state index in [9.17, 15) is 34.2 Å². The van der Waals surface area contributed by atoms with Crippen LogP contribution in [0, 0.1) is 33.0 Å². The van der Waals surface area contributed by atoms with Crippen molar-refractivity contribution in [2.24, 2.45) is 0 Å². The largest absolute Gasteiger partial charge is 0.312 e. The van der Waals surface area contributed by atoms with Gasteiger partial charge in [-0.1, -0.05) is 11.3 Å². The van der Waals surface area contributed by atoms with Crippen molar-refractivity contribution < 1.29 is 23.8 Å². The van der Waals surface area contributed by atoms with E-state index < -0.39 is 32.9 Å². The monoisotopic (exact) mass is 486 g/mol. The summed E-state index contributed by atoms with van der Waals surface area (Å²) in [6.07, 6.45) is 0.149. The van der Waals surface area contributed by atoms with Crippen molar-refractivity contribution in [2.45, 2.75) is 19.3 Å². The molecular weight excluding hydrogens is 471 g/mol. The molecular formula is C20H15FN6O6S. The first kappa shape index (κ1) is 22.8. The number of hydrogen-bond donors (Lipinski definition) is 1. The molecule has 2 heterocycles. The van der Waals surface area contributed by atoms with Crippen molar-refractivity contribution >= 4 is 45.3 Å². The molecule has 1 fully saturated rings. The summed E-state index contributed by atoms with van der Waals surface area (Å²) >= 11 is 1.02. The van der Waals surface area contributed by atoms with Crippen molar-refractivity contribution in [3.63, 3.8) is 0 Å². The Morgan fingerprint density at radius 3 is 2.53 bits per heavy atom. The van der Waals surface area contributed by atoms with Gasteiger partial charge in [0, 0.05) is 36.2 Å². The molecule has 4 rings (SSSR count). The van der Waals surface area contributed by atoms with Gasteiger partial charge in [-0.3, -0.25) is 35.1 Å². The number of nitrogens with one attached hydrogen (secondary N) is 1. The van der Waals surface area contributed by atoms with Crippen molar-refractivity contribution in [3.05, 3.63) is 78.6 Å². The number of nitro benzene ring substituents is 2. The predicted octanol–water partition coefficient (Wildman–Crippen LogP) is 3.57. The molecule has 14 heteroatoms. The zero-order valence-corrected chi connectivity index (χ0v) is 18.2. The quantitative estimate of drug-likeness (QED) is 0.408. The van der Waals surface area contributed by atoms with Crippen molar-refractivity contribution in [3.8, 4) is 0 Å². The summed E-state index contributed by atoms with van der Waals surface area (Å²) in [5.41, 5.74) is -0.867. The summed E-state index contributed by atoms with van der Waals surface area (Å²) in [6.45, 7) is 1.61. The molecule has 2 amide bonds. The summed E-state index contributed by atoms with van der Waals surface area (Å²) in [7, 11) is 0. The van der Waals surface area contributed by atoms with Crippen LogP contribution in [0.5, 0.6) is 0 Å². The number of carbonyl (C=O) groups excluding carboxylic acids is 2. The minimum Gasteiger partial charge on any atom is -0.312 e. The number of aromatic nitrogens is 2. The highest BCUT2D eigenvalue weighted by Gasteiger charge is 2.34. The third-order valence-corrected chi connectivity index (χ3v) is 6.29. The summed E-state index contributed by atoms with van der Waals surface area (Å²) < 4.78 is 13.2. The normalized spacial score (nSPS) is 15.4. The summed E-state index contributed by atoms with van der Waals surface area (Å²) in [4.78, 5) is 47.4. The SMILES string of the molecule is Cc1c(C(=O)Nc2nnc(C3CC(=O)N(c4ccc(F)cc4)C3)s2)cc([N+](=O)[O-])cc1[N+](=O)[O-]. The Hall–Kier alpha value is -4.33. The predicted molar refractivity (Wildman–Crippen MR) is 118 cm³/mol. The molecule has 1 unspecified atom stereocenters. The zero-order chi connectivity index (χ0) is 24.6. The molecule has 1 aliphatic heterocycles. The van der Waals surface area contributed by atoms with E-state index in [0.29, 0.717) is 17.2 Å². The van der Waals surface area contributed by atoms with Crippen LogP contribution in [0.15, 0.2) is 36.4 Å². The van der Waals surface area contributed by atoms with Crippen LogP contribution in [0.1, 0.15) is 33.3 Å². The second-order valence-electron chi connectivity index (χ2n) is 7.43. The second-order valence-corrected chi connectivity index (χ2v) is 8.44. The van der Waals surface area contributed by atoms with Crippen molar-refractivity contribution in [1.82, 2.24) is 10.2 Å². The van der Waals surface area contributed by atoms with Gasteiger partial charge in [0.15, 0.2) is 0 Å². The van der Waals surface area contributed by atoms with Gasteiger partial charge >= 0.3 is 0 Å². The van der Waals surface area contributed by atoms with Gasteiger partial charge in [-0.05, 0) is 31.2 Å². The third-order valence-electron chi connectivity index (χ3n) is 5.29. The van der Waals surface area contributed by atoms with Crippen LogP contribution in [-0.4, -0.2) is 38.4 Å². The highest BCUT2D eigenvalue weighted by molar-refractivity contribution is 7.15. The molecule has 0 spiro atoms. The zero-order valence-electron chi connectivity index (χ0n) is 17.4. The maximum Gasteiger partial charge on any atom is 0.279 e. The minimum absolute atomic E-state index is 0.0332. The number of rotatable bonds is 6. The molecule has 1 atom stereocenters. The maximum absolute atomic E-state index is 13.2.